The summed E-state index contributed by atoms with van der Waals surface area (Å²) in [6.45, 7) is 5.46. The number of benzene rings is 1. The van der Waals surface area contributed by atoms with E-state index < -0.39 is 22.6 Å². The molecule has 0 saturated heterocycles. The van der Waals surface area contributed by atoms with Crippen LogP contribution in [0.1, 0.15) is 31.1 Å². The lowest BCUT2D eigenvalue weighted by Gasteiger charge is -2.20. The van der Waals surface area contributed by atoms with Crippen molar-refractivity contribution in [2.24, 2.45) is 7.05 Å². The Morgan fingerprint density at radius 3 is 2.33 bits per heavy atom. The molecule has 2 rings (SSSR count). The van der Waals surface area contributed by atoms with Crippen LogP contribution >= 0.6 is 0 Å². The van der Waals surface area contributed by atoms with E-state index in [9.17, 15) is 19.8 Å². The summed E-state index contributed by atoms with van der Waals surface area (Å²) in [6.07, 6.45) is 1.42. The van der Waals surface area contributed by atoms with Crippen molar-refractivity contribution < 1.29 is 15.0 Å². The number of phenolic OH excluding ortho intramolecular Hbond substituents is 2. The molecule has 0 radical (unpaired) electrons. The molecule has 0 bridgehead atoms. The fourth-order valence-electron chi connectivity index (χ4n) is 2.08. The lowest BCUT2D eigenvalue weighted by Crippen LogP contribution is -2.42. The molecule has 0 spiro atoms. The SMILES string of the molecule is Cn1cc(C(=O)NC(C)(C)C)c(=O)c2cc(O)c(O)cc21. The first-order valence-corrected chi connectivity index (χ1v) is 6.48. The van der Waals surface area contributed by atoms with Crippen molar-refractivity contribution in [3.8, 4) is 11.5 Å². The Kier molecular flexibility index (Phi) is 3.41. The first-order chi connectivity index (χ1) is 9.60. The van der Waals surface area contributed by atoms with Gasteiger partial charge >= 0.3 is 0 Å². The molecule has 1 aromatic carbocycles. The number of fused-ring (bicyclic) bond motifs is 1. The summed E-state index contributed by atoms with van der Waals surface area (Å²) >= 11 is 0. The molecule has 112 valence electrons. The lowest BCUT2D eigenvalue weighted by atomic mass is 10.1. The third-order valence-electron chi connectivity index (χ3n) is 3.02. The second kappa shape index (κ2) is 4.80. The van der Waals surface area contributed by atoms with Crippen LogP contribution in [0.25, 0.3) is 10.9 Å². The van der Waals surface area contributed by atoms with E-state index in [4.69, 9.17) is 0 Å². The van der Waals surface area contributed by atoms with E-state index in [2.05, 4.69) is 5.32 Å². The van der Waals surface area contributed by atoms with Crippen molar-refractivity contribution in [2.45, 2.75) is 26.3 Å². The smallest absolute Gasteiger partial charge is 0.257 e. The Labute approximate surface area is 121 Å². The molecule has 1 amide bonds. The minimum atomic E-state index is -0.486. The van der Waals surface area contributed by atoms with Crippen LogP contribution in [0.15, 0.2) is 23.1 Å². The molecule has 6 nitrogen and oxygen atoms in total. The van der Waals surface area contributed by atoms with Crippen molar-refractivity contribution in [1.82, 2.24) is 9.88 Å². The number of carbonyl (C=O) groups is 1. The summed E-state index contributed by atoms with van der Waals surface area (Å²) in [7, 11) is 1.66. The summed E-state index contributed by atoms with van der Waals surface area (Å²) in [5.41, 5.74) is -0.526. The fraction of sp³-hybridized carbons (Fsp3) is 0.333. The summed E-state index contributed by atoms with van der Waals surface area (Å²) in [5, 5.41) is 22.0. The molecular weight excluding hydrogens is 272 g/mol. The normalized spacial score (nSPS) is 11.6. The van der Waals surface area contributed by atoms with Crippen LogP contribution in [0, 0.1) is 0 Å². The number of hydrogen-bond acceptors (Lipinski definition) is 4. The number of aryl methyl sites for hydroxylation is 1. The zero-order valence-corrected chi connectivity index (χ0v) is 12.4. The van der Waals surface area contributed by atoms with Gasteiger partial charge in [-0.25, -0.2) is 0 Å². The maximum atomic E-state index is 12.4. The standard InChI is InChI=1S/C15H18N2O4/c1-15(2,3)16-14(21)9-7-17(4)10-6-12(19)11(18)5-8(10)13(9)20/h5-7,18-19H,1-4H3,(H,16,21). The van der Waals surface area contributed by atoms with Crippen LogP contribution in [0.5, 0.6) is 11.5 Å². The second-order valence-electron chi connectivity index (χ2n) is 6.04. The van der Waals surface area contributed by atoms with Crippen molar-refractivity contribution in [3.63, 3.8) is 0 Å². The van der Waals surface area contributed by atoms with Gasteiger partial charge in [-0.2, -0.15) is 0 Å². The molecule has 0 unspecified atom stereocenters. The molecule has 0 saturated carbocycles. The van der Waals surface area contributed by atoms with Gasteiger partial charge in [0.2, 0.25) is 5.43 Å². The van der Waals surface area contributed by atoms with Gasteiger partial charge in [0.25, 0.3) is 5.91 Å². The van der Waals surface area contributed by atoms with E-state index >= 15 is 0 Å². The molecule has 0 atom stereocenters. The predicted molar refractivity (Wildman–Crippen MR) is 79.7 cm³/mol. The molecule has 6 heteroatoms. The van der Waals surface area contributed by atoms with Crippen LogP contribution in [0.3, 0.4) is 0 Å². The highest BCUT2D eigenvalue weighted by atomic mass is 16.3. The number of nitrogens with one attached hydrogen (secondary N) is 1. The van der Waals surface area contributed by atoms with Crippen LogP contribution < -0.4 is 10.7 Å². The number of aromatic hydroxyl groups is 2. The Hall–Kier alpha value is -2.50. The van der Waals surface area contributed by atoms with Gasteiger partial charge in [0.1, 0.15) is 5.56 Å². The molecule has 0 fully saturated rings. The molecule has 0 aliphatic rings. The van der Waals surface area contributed by atoms with Crippen LogP contribution in [-0.4, -0.2) is 26.2 Å². The quantitative estimate of drug-likeness (QED) is 0.694. The van der Waals surface area contributed by atoms with E-state index in [-0.39, 0.29) is 16.7 Å². The number of phenols is 2. The molecule has 0 aliphatic carbocycles. The maximum Gasteiger partial charge on any atom is 0.257 e. The summed E-state index contributed by atoms with van der Waals surface area (Å²) < 4.78 is 1.56. The van der Waals surface area contributed by atoms with Crippen molar-refractivity contribution >= 4 is 16.8 Å². The second-order valence-corrected chi connectivity index (χ2v) is 6.04. The van der Waals surface area contributed by atoms with Gasteiger partial charge in [-0.1, -0.05) is 0 Å². The minimum Gasteiger partial charge on any atom is -0.504 e. The number of pyridine rings is 1. The summed E-state index contributed by atoms with van der Waals surface area (Å²) in [5.74, 6) is -1.19. The van der Waals surface area contributed by atoms with E-state index in [0.29, 0.717) is 5.52 Å². The van der Waals surface area contributed by atoms with E-state index in [0.717, 1.165) is 0 Å². The van der Waals surface area contributed by atoms with Crippen molar-refractivity contribution in [1.29, 1.82) is 0 Å². The zero-order chi connectivity index (χ0) is 15.9. The first-order valence-electron chi connectivity index (χ1n) is 6.48. The van der Waals surface area contributed by atoms with Crippen LogP contribution in [0.4, 0.5) is 0 Å². The van der Waals surface area contributed by atoms with Gasteiger partial charge in [-0.15, -0.1) is 0 Å². The minimum absolute atomic E-state index is 0.00925. The number of nitrogens with zero attached hydrogens (tertiary/aromatic N) is 1. The molecule has 1 heterocycles. The van der Waals surface area contributed by atoms with E-state index in [1.807, 2.05) is 20.8 Å². The molecule has 1 aromatic heterocycles. The van der Waals surface area contributed by atoms with Gasteiger partial charge in [0.05, 0.1) is 10.9 Å². The van der Waals surface area contributed by atoms with E-state index in [1.165, 1.54) is 18.3 Å². The zero-order valence-electron chi connectivity index (χ0n) is 12.4. The fourth-order valence-corrected chi connectivity index (χ4v) is 2.08. The maximum absolute atomic E-state index is 12.4. The largest absolute Gasteiger partial charge is 0.504 e. The van der Waals surface area contributed by atoms with Gasteiger partial charge in [0, 0.05) is 24.8 Å². The number of rotatable bonds is 1. The number of aromatic nitrogens is 1. The number of hydrogen-bond donors (Lipinski definition) is 3. The highest BCUT2D eigenvalue weighted by Crippen LogP contribution is 2.28. The van der Waals surface area contributed by atoms with Crippen LogP contribution in [-0.2, 0) is 7.05 Å². The van der Waals surface area contributed by atoms with Gasteiger partial charge in [-0.3, -0.25) is 9.59 Å². The lowest BCUT2D eigenvalue weighted by molar-refractivity contribution is 0.0918. The van der Waals surface area contributed by atoms with Crippen molar-refractivity contribution in [3.05, 3.63) is 34.1 Å². The van der Waals surface area contributed by atoms with Gasteiger partial charge in [0.15, 0.2) is 11.5 Å². The average Bonchev–Trinajstić information content (AvgIpc) is 2.34. The molecular formula is C15H18N2O4. The van der Waals surface area contributed by atoms with Gasteiger partial charge < -0.3 is 20.1 Å². The molecule has 0 aliphatic heterocycles. The summed E-state index contributed by atoms with van der Waals surface area (Å²) in [6, 6.07) is 2.46. The molecule has 2 aromatic rings. The highest BCUT2D eigenvalue weighted by molar-refractivity contribution is 5.98. The van der Waals surface area contributed by atoms with Gasteiger partial charge in [-0.05, 0) is 26.8 Å². The molecule has 3 N–H and O–H groups in total. The highest BCUT2D eigenvalue weighted by Gasteiger charge is 2.20. The Morgan fingerprint density at radius 2 is 1.76 bits per heavy atom. The number of amides is 1. The van der Waals surface area contributed by atoms with Crippen molar-refractivity contribution in [2.75, 3.05) is 0 Å². The first kappa shape index (κ1) is 14.9. The summed E-state index contributed by atoms with van der Waals surface area (Å²) in [4.78, 5) is 24.6. The Morgan fingerprint density at radius 1 is 1.19 bits per heavy atom. The monoisotopic (exact) mass is 290 g/mol. The average molecular weight is 290 g/mol. The Balaban J connectivity index is 2.68. The third-order valence-corrected chi connectivity index (χ3v) is 3.02. The predicted octanol–water partition coefficient (Wildman–Crippen LogP) is 1.48. The Bertz CT molecular complexity index is 785. The molecule has 21 heavy (non-hydrogen) atoms. The topological polar surface area (TPSA) is 91.6 Å². The number of carbonyl (C=O) groups excluding carboxylic acids is 1. The van der Waals surface area contributed by atoms with E-state index in [1.54, 1.807) is 11.6 Å². The third kappa shape index (κ3) is 2.84. The van der Waals surface area contributed by atoms with Crippen LogP contribution in [0.2, 0.25) is 0 Å².